The van der Waals surface area contributed by atoms with Crippen LogP contribution in [0.25, 0.3) is 0 Å². The lowest BCUT2D eigenvalue weighted by molar-refractivity contribution is -0.137. The predicted molar refractivity (Wildman–Crippen MR) is 60.0 cm³/mol. The summed E-state index contributed by atoms with van der Waals surface area (Å²) < 4.78 is 30.7. The molecular formula is C9H15NO6S. The molecule has 0 aliphatic heterocycles. The highest BCUT2D eigenvalue weighted by atomic mass is 32.2. The molecule has 7 nitrogen and oxygen atoms in total. The molecule has 0 heterocycles. The van der Waals surface area contributed by atoms with Crippen LogP contribution in [0.2, 0.25) is 0 Å². The van der Waals surface area contributed by atoms with E-state index in [1.165, 1.54) is 19.2 Å². The standard InChI is InChI=1S/C9H15NO6S/c1-3-4-8(11)10(2)6-7(5-9(12)13)17(14,15)16/h3-4,7H,5-6H2,1-2H3,(H,12,13)(H,14,15,16)/b4-3-. The minimum absolute atomic E-state index is 0.381. The molecule has 0 aromatic carbocycles. The first-order valence-electron chi connectivity index (χ1n) is 4.74. The van der Waals surface area contributed by atoms with Crippen LogP contribution in [0.1, 0.15) is 13.3 Å². The zero-order valence-electron chi connectivity index (χ0n) is 9.53. The fourth-order valence-corrected chi connectivity index (χ4v) is 1.89. The van der Waals surface area contributed by atoms with Crippen LogP contribution in [0.3, 0.4) is 0 Å². The third kappa shape index (κ3) is 6.03. The number of nitrogens with zero attached hydrogens (tertiary/aromatic N) is 1. The molecule has 1 unspecified atom stereocenters. The number of hydrogen-bond acceptors (Lipinski definition) is 4. The van der Waals surface area contributed by atoms with Gasteiger partial charge in [0.15, 0.2) is 0 Å². The van der Waals surface area contributed by atoms with Crippen molar-refractivity contribution in [3.05, 3.63) is 12.2 Å². The third-order valence-electron chi connectivity index (χ3n) is 1.99. The van der Waals surface area contributed by atoms with Gasteiger partial charge in [0.05, 0.1) is 6.42 Å². The molecule has 0 radical (unpaired) electrons. The Kier molecular flexibility index (Phi) is 5.83. The molecule has 0 saturated heterocycles. The van der Waals surface area contributed by atoms with Gasteiger partial charge in [-0.15, -0.1) is 0 Å². The number of likely N-dealkylation sites (N-methyl/N-ethyl adjacent to an activating group) is 1. The first-order chi connectivity index (χ1) is 7.68. The van der Waals surface area contributed by atoms with Crippen LogP contribution in [0.5, 0.6) is 0 Å². The van der Waals surface area contributed by atoms with E-state index < -0.39 is 33.7 Å². The molecule has 17 heavy (non-hydrogen) atoms. The van der Waals surface area contributed by atoms with E-state index in [2.05, 4.69) is 0 Å². The number of carbonyl (C=O) groups excluding carboxylic acids is 1. The number of allylic oxidation sites excluding steroid dienone is 1. The van der Waals surface area contributed by atoms with Crippen LogP contribution >= 0.6 is 0 Å². The topological polar surface area (TPSA) is 112 Å². The van der Waals surface area contributed by atoms with Crippen LogP contribution in [-0.4, -0.2) is 53.7 Å². The highest BCUT2D eigenvalue weighted by Gasteiger charge is 2.28. The minimum Gasteiger partial charge on any atom is -0.481 e. The van der Waals surface area contributed by atoms with Crippen molar-refractivity contribution < 1.29 is 27.7 Å². The Morgan fingerprint density at radius 2 is 1.94 bits per heavy atom. The summed E-state index contributed by atoms with van der Waals surface area (Å²) in [5.74, 6) is -1.83. The van der Waals surface area contributed by atoms with Crippen molar-refractivity contribution in [1.82, 2.24) is 4.90 Å². The molecule has 0 bridgehead atoms. The van der Waals surface area contributed by atoms with E-state index in [9.17, 15) is 18.0 Å². The van der Waals surface area contributed by atoms with Gasteiger partial charge in [-0.25, -0.2) is 0 Å². The fraction of sp³-hybridized carbons (Fsp3) is 0.556. The average Bonchev–Trinajstić information content (AvgIpc) is 2.14. The number of aliphatic carboxylic acids is 1. The lowest BCUT2D eigenvalue weighted by Gasteiger charge is -2.20. The van der Waals surface area contributed by atoms with E-state index in [1.807, 2.05) is 0 Å². The van der Waals surface area contributed by atoms with Gasteiger partial charge in [0.25, 0.3) is 10.1 Å². The molecule has 0 aliphatic rings. The lowest BCUT2D eigenvalue weighted by atomic mass is 10.3. The Hall–Kier alpha value is -1.41. The third-order valence-corrected chi connectivity index (χ3v) is 3.14. The van der Waals surface area contributed by atoms with Crippen molar-refractivity contribution in [3.63, 3.8) is 0 Å². The molecule has 8 heteroatoms. The van der Waals surface area contributed by atoms with Gasteiger partial charge in [0.1, 0.15) is 5.25 Å². The first kappa shape index (κ1) is 15.6. The SMILES string of the molecule is C/C=C\C(=O)N(C)CC(CC(=O)O)S(=O)(=O)O. The van der Waals surface area contributed by atoms with Crippen molar-refractivity contribution in [2.75, 3.05) is 13.6 Å². The second-order valence-electron chi connectivity index (χ2n) is 3.45. The van der Waals surface area contributed by atoms with E-state index in [4.69, 9.17) is 9.66 Å². The largest absolute Gasteiger partial charge is 0.481 e. The molecule has 0 fully saturated rings. The zero-order chi connectivity index (χ0) is 13.6. The second kappa shape index (κ2) is 6.36. The Morgan fingerprint density at radius 1 is 1.41 bits per heavy atom. The summed E-state index contributed by atoms with van der Waals surface area (Å²) in [7, 11) is -3.18. The van der Waals surface area contributed by atoms with Crippen molar-refractivity contribution in [3.8, 4) is 0 Å². The van der Waals surface area contributed by atoms with Gasteiger partial charge in [0.2, 0.25) is 5.91 Å². The first-order valence-corrected chi connectivity index (χ1v) is 6.24. The van der Waals surface area contributed by atoms with Gasteiger partial charge in [-0.05, 0) is 13.0 Å². The van der Waals surface area contributed by atoms with Gasteiger partial charge >= 0.3 is 5.97 Å². The van der Waals surface area contributed by atoms with E-state index >= 15 is 0 Å². The maximum absolute atomic E-state index is 11.3. The molecule has 0 rings (SSSR count). The number of rotatable bonds is 6. The van der Waals surface area contributed by atoms with Crippen molar-refractivity contribution in [2.45, 2.75) is 18.6 Å². The number of carbonyl (C=O) groups is 2. The van der Waals surface area contributed by atoms with E-state index in [0.29, 0.717) is 0 Å². The van der Waals surface area contributed by atoms with Gasteiger partial charge < -0.3 is 10.0 Å². The smallest absolute Gasteiger partial charge is 0.304 e. The van der Waals surface area contributed by atoms with E-state index in [-0.39, 0.29) is 6.54 Å². The van der Waals surface area contributed by atoms with Crippen LogP contribution in [0.15, 0.2) is 12.2 Å². The monoisotopic (exact) mass is 265 g/mol. The number of hydrogen-bond donors (Lipinski definition) is 2. The molecule has 98 valence electrons. The van der Waals surface area contributed by atoms with Gasteiger partial charge in [0, 0.05) is 13.6 Å². The van der Waals surface area contributed by atoms with Crippen molar-refractivity contribution in [1.29, 1.82) is 0 Å². The molecule has 0 aromatic rings. The predicted octanol–water partition coefficient (Wildman–Crippen LogP) is -0.248. The van der Waals surface area contributed by atoms with Crippen molar-refractivity contribution in [2.24, 2.45) is 0 Å². The van der Waals surface area contributed by atoms with Crippen LogP contribution in [0.4, 0.5) is 0 Å². The van der Waals surface area contributed by atoms with Crippen molar-refractivity contribution >= 4 is 22.0 Å². The maximum atomic E-state index is 11.3. The normalized spacial score (nSPS) is 13.6. The number of amides is 1. The molecule has 0 aliphatic carbocycles. The maximum Gasteiger partial charge on any atom is 0.304 e. The molecule has 0 aromatic heterocycles. The quantitative estimate of drug-likeness (QED) is 0.506. The van der Waals surface area contributed by atoms with Gasteiger partial charge in [-0.1, -0.05) is 6.08 Å². The Labute approximate surface area is 99.5 Å². The summed E-state index contributed by atoms with van der Waals surface area (Å²) in [6, 6.07) is 0. The summed E-state index contributed by atoms with van der Waals surface area (Å²) in [4.78, 5) is 22.8. The zero-order valence-corrected chi connectivity index (χ0v) is 10.3. The van der Waals surface area contributed by atoms with E-state index in [0.717, 1.165) is 4.90 Å². The minimum atomic E-state index is -4.50. The van der Waals surface area contributed by atoms with E-state index in [1.54, 1.807) is 6.92 Å². The Balaban J connectivity index is 4.77. The lowest BCUT2D eigenvalue weighted by Crippen LogP contribution is -2.38. The number of carboxylic acids is 1. The highest BCUT2D eigenvalue weighted by molar-refractivity contribution is 7.86. The highest BCUT2D eigenvalue weighted by Crippen LogP contribution is 2.07. The molecule has 2 N–H and O–H groups in total. The Morgan fingerprint density at radius 3 is 2.29 bits per heavy atom. The Bertz CT molecular complexity index is 413. The number of carboxylic acid groups (broad SMARTS) is 1. The molecule has 0 saturated carbocycles. The van der Waals surface area contributed by atoms with Gasteiger partial charge in [-0.2, -0.15) is 8.42 Å². The molecule has 0 spiro atoms. The second-order valence-corrected chi connectivity index (χ2v) is 5.15. The summed E-state index contributed by atoms with van der Waals surface area (Å²) in [5.41, 5.74) is 0. The average molecular weight is 265 g/mol. The summed E-state index contributed by atoms with van der Waals surface area (Å²) in [6.45, 7) is 1.23. The van der Waals surface area contributed by atoms with Crippen LogP contribution in [-0.2, 0) is 19.7 Å². The fourth-order valence-electron chi connectivity index (χ4n) is 1.12. The summed E-state index contributed by atoms with van der Waals surface area (Å²) in [6.07, 6.45) is 1.92. The van der Waals surface area contributed by atoms with Crippen LogP contribution in [0, 0.1) is 0 Å². The molecule has 1 atom stereocenters. The summed E-state index contributed by atoms with van der Waals surface area (Å²) in [5, 5.41) is 6.98. The molecule has 1 amide bonds. The summed E-state index contributed by atoms with van der Waals surface area (Å²) >= 11 is 0. The van der Waals surface area contributed by atoms with Crippen LogP contribution < -0.4 is 0 Å². The van der Waals surface area contributed by atoms with Gasteiger partial charge in [-0.3, -0.25) is 14.1 Å². The molecular weight excluding hydrogens is 250 g/mol.